The third-order valence-electron chi connectivity index (χ3n) is 7.06. The molecule has 0 bridgehead atoms. The number of carbonyl (C=O) groups excluding carboxylic acids is 1. The number of hydrogen-bond donors (Lipinski definition) is 2. The fourth-order valence-electron chi connectivity index (χ4n) is 4.95. The van der Waals surface area contributed by atoms with E-state index in [9.17, 15) is 9.18 Å². The molecule has 3 aromatic heterocycles. The number of H-pyrrole nitrogens is 1. The van der Waals surface area contributed by atoms with Gasteiger partial charge in [0.25, 0.3) is 0 Å². The number of anilines is 1. The molecule has 2 saturated heterocycles. The highest BCUT2D eigenvalue weighted by atomic mass is 35.5. The van der Waals surface area contributed by atoms with Crippen LogP contribution in [0.25, 0.3) is 21.8 Å². The zero-order valence-electron chi connectivity index (χ0n) is 21.6. The number of benzene rings is 1. The predicted octanol–water partition coefficient (Wildman–Crippen LogP) is 2.69. The summed E-state index contributed by atoms with van der Waals surface area (Å²) >= 11 is 6.32. The van der Waals surface area contributed by atoms with Crippen LogP contribution in [0.15, 0.2) is 37.2 Å². The number of carbonyl (C=O) groups is 1. The highest BCUT2D eigenvalue weighted by Gasteiger charge is 2.31. The molecule has 4 aromatic rings. The van der Waals surface area contributed by atoms with E-state index in [4.69, 9.17) is 30.8 Å². The van der Waals surface area contributed by atoms with Crippen molar-refractivity contribution in [2.75, 3.05) is 51.3 Å². The third-order valence-corrected chi connectivity index (χ3v) is 7.42. The summed E-state index contributed by atoms with van der Waals surface area (Å²) in [5.41, 5.74) is 0.770. The van der Waals surface area contributed by atoms with Crippen molar-refractivity contribution in [3.8, 4) is 17.6 Å². The number of nitrogens with one attached hydrogen (secondary N) is 2. The lowest BCUT2D eigenvalue weighted by Gasteiger charge is -2.35. The van der Waals surface area contributed by atoms with Gasteiger partial charge in [-0.05, 0) is 12.1 Å². The van der Waals surface area contributed by atoms with Gasteiger partial charge in [-0.15, -0.1) is 0 Å². The normalized spacial score (nSPS) is 19.4. The van der Waals surface area contributed by atoms with Gasteiger partial charge in [-0.1, -0.05) is 18.2 Å². The summed E-state index contributed by atoms with van der Waals surface area (Å²) in [6, 6.07) is 3.14. The minimum absolute atomic E-state index is 0.0593. The summed E-state index contributed by atoms with van der Waals surface area (Å²) in [6.45, 7) is 6.83. The number of hydrogen-bond acceptors (Lipinski definition) is 10. The van der Waals surface area contributed by atoms with E-state index in [1.165, 1.54) is 18.3 Å². The molecule has 0 aliphatic carbocycles. The number of ether oxygens (including phenoxy) is 3. The maximum atomic E-state index is 14.6. The summed E-state index contributed by atoms with van der Waals surface area (Å²) in [6.07, 6.45) is 3.87. The molecule has 14 heteroatoms. The van der Waals surface area contributed by atoms with Gasteiger partial charge < -0.3 is 29.3 Å². The smallest absolute Gasteiger partial charge is 0.319 e. The first-order chi connectivity index (χ1) is 19.5. The van der Waals surface area contributed by atoms with E-state index in [2.05, 4.69) is 37.0 Å². The van der Waals surface area contributed by atoms with Gasteiger partial charge in [0.05, 0.1) is 22.5 Å². The maximum Gasteiger partial charge on any atom is 0.319 e. The minimum atomic E-state index is -0.667. The molecule has 2 N–H and O–H groups in total. The number of aromatic nitrogens is 5. The van der Waals surface area contributed by atoms with Crippen molar-refractivity contribution in [1.82, 2.24) is 35.4 Å². The van der Waals surface area contributed by atoms with Crippen LogP contribution in [-0.2, 0) is 9.53 Å². The van der Waals surface area contributed by atoms with Crippen LogP contribution in [0.3, 0.4) is 0 Å². The lowest BCUT2D eigenvalue weighted by atomic mass is 10.2. The van der Waals surface area contributed by atoms with Crippen LogP contribution in [-0.4, -0.2) is 94.5 Å². The van der Waals surface area contributed by atoms with Crippen LogP contribution >= 0.6 is 11.6 Å². The van der Waals surface area contributed by atoms with Gasteiger partial charge in [0, 0.05) is 58.6 Å². The Kier molecular flexibility index (Phi) is 7.09. The molecular weight excluding hydrogens is 543 g/mol. The zero-order valence-corrected chi connectivity index (χ0v) is 22.3. The zero-order chi connectivity index (χ0) is 27.8. The molecule has 6 rings (SSSR count). The molecule has 2 aliphatic rings. The molecule has 0 saturated carbocycles. The predicted molar refractivity (Wildman–Crippen MR) is 146 cm³/mol. The minimum Gasteiger partial charge on any atom is -0.456 e. The Morgan fingerprint density at radius 3 is 2.77 bits per heavy atom. The van der Waals surface area contributed by atoms with Crippen LogP contribution in [0.5, 0.6) is 17.6 Å². The lowest BCUT2D eigenvalue weighted by molar-refractivity contribution is -0.126. The standard InChI is InChI=1S/C26H26ClFN8O4/c1-3-20(37)35-6-8-36(9-7-35)24-14-4-5-30-25(40-23-15-11-31-34-17(15)10-16(28)21(23)27)22(14)32-26(33-24)39-19-13-29-12-18(19)38-2/h3-5,10-11,18-19,29H,1,6-9,12-13H2,2H3,(H,31,34)/t18-,19-/m1/s1. The SMILES string of the molecule is C=CC(=O)N1CCN(c2nc(O[C@@H]3CNC[C@H]3OC)nc3c(Oc4c(Cl)c(F)cc5[nH]ncc45)nccc23)CC1. The number of piperazine rings is 1. The maximum absolute atomic E-state index is 14.6. The van der Waals surface area contributed by atoms with Gasteiger partial charge >= 0.3 is 6.01 Å². The lowest BCUT2D eigenvalue weighted by Crippen LogP contribution is -2.48. The summed E-state index contributed by atoms with van der Waals surface area (Å²) in [5.74, 6) is -0.0396. The molecule has 2 atom stereocenters. The second-order valence-corrected chi connectivity index (χ2v) is 9.76. The largest absolute Gasteiger partial charge is 0.456 e. The second kappa shape index (κ2) is 10.8. The van der Waals surface area contributed by atoms with Crippen molar-refractivity contribution in [2.45, 2.75) is 12.2 Å². The average Bonchev–Trinajstić information content (AvgIpc) is 3.64. The average molecular weight is 569 g/mol. The fourth-order valence-corrected chi connectivity index (χ4v) is 5.14. The van der Waals surface area contributed by atoms with Gasteiger partial charge in [-0.25, -0.2) is 9.37 Å². The van der Waals surface area contributed by atoms with Gasteiger partial charge in [-0.2, -0.15) is 15.1 Å². The van der Waals surface area contributed by atoms with Crippen molar-refractivity contribution < 1.29 is 23.4 Å². The Hall–Kier alpha value is -4.07. The molecule has 0 unspecified atom stereocenters. The molecule has 40 heavy (non-hydrogen) atoms. The van der Waals surface area contributed by atoms with Crippen molar-refractivity contribution in [2.24, 2.45) is 0 Å². The first-order valence-electron chi connectivity index (χ1n) is 12.7. The van der Waals surface area contributed by atoms with Crippen molar-refractivity contribution in [3.63, 3.8) is 0 Å². The topological polar surface area (TPSA) is 131 Å². The summed E-state index contributed by atoms with van der Waals surface area (Å²) < 4.78 is 32.5. The van der Waals surface area contributed by atoms with E-state index in [0.29, 0.717) is 66.9 Å². The Morgan fingerprint density at radius 1 is 1.20 bits per heavy atom. The van der Waals surface area contributed by atoms with E-state index < -0.39 is 5.82 Å². The van der Waals surface area contributed by atoms with Crippen LogP contribution < -0.4 is 19.7 Å². The van der Waals surface area contributed by atoms with E-state index in [1.54, 1.807) is 24.3 Å². The highest BCUT2D eigenvalue weighted by Crippen LogP contribution is 2.40. The Morgan fingerprint density at radius 2 is 2.00 bits per heavy atom. The first kappa shape index (κ1) is 26.2. The number of aromatic amines is 1. The number of methoxy groups -OCH3 is 1. The van der Waals surface area contributed by atoms with E-state index in [-0.39, 0.29) is 40.8 Å². The molecule has 0 spiro atoms. The fraction of sp³-hybridized carbons (Fsp3) is 0.346. The molecule has 2 aliphatic heterocycles. The Labute approximate surface area is 233 Å². The number of fused-ring (bicyclic) bond motifs is 2. The van der Waals surface area contributed by atoms with Gasteiger partial charge in [-0.3, -0.25) is 9.89 Å². The van der Waals surface area contributed by atoms with Crippen molar-refractivity contribution in [3.05, 3.63) is 48.0 Å². The molecule has 0 radical (unpaired) electrons. The van der Waals surface area contributed by atoms with Gasteiger partial charge in [0.2, 0.25) is 11.8 Å². The number of amides is 1. The molecule has 12 nitrogen and oxygen atoms in total. The van der Waals surface area contributed by atoms with Crippen LogP contribution in [0.2, 0.25) is 5.02 Å². The molecule has 1 aromatic carbocycles. The molecular formula is C26H26ClFN8O4. The Balaban J connectivity index is 1.43. The molecule has 1 amide bonds. The third kappa shape index (κ3) is 4.76. The monoisotopic (exact) mass is 568 g/mol. The van der Waals surface area contributed by atoms with E-state index in [1.807, 2.05) is 0 Å². The number of rotatable bonds is 7. The first-order valence-corrected chi connectivity index (χ1v) is 13.1. The highest BCUT2D eigenvalue weighted by molar-refractivity contribution is 6.33. The van der Waals surface area contributed by atoms with E-state index >= 15 is 0 Å². The summed E-state index contributed by atoms with van der Waals surface area (Å²) in [5, 5.41) is 10.9. The Bertz CT molecular complexity index is 1590. The molecule has 208 valence electrons. The molecule has 5 heterocycles. The second-order valence-electron chi connectivity index (χ2n) is 9.38. The molecule has 2 fully saturated rings. The summed E-state index contributed by atoms with van der Waals surface area (Å²) in [7, 11) is 1.62. The number of pyridine rings is 1. The quantitative estimate of drug-likeness (QED) is 0.321. The number of nitrogens with zero attached hydrogens (tertiary/aromatic N) is 6. The van der Waals surface area contributed by atoms with Crippen LogP contribution in [0, 0.1) is 5.82 Å². The summed E-state index contributed by atoms with van der Waals surface area (Å²) in [4.78, 5) is 29.8. The van der Waals surface area contributed by atoms with Crippen LogP contribution in [0.4, 0.5) is 10.2 Å². The van der Waals surface area contributed by atoms with E-state index in [0.717, 1.165) is 0 Å². The van der Waals surface area contributed by atoms with Crippen molar-refractivity contribution in [1.29, 1.82) is 0 Å². The van der Waals surface area contributed by atoms with Crippen molar-refractivity contribution >= 4 is 45.1 Å². The van der Waals surface area contributed by atoms with Gasteiger partial charge in [0.15, 0.2) is 5.75 Å². The number of halogens is 2. The van der Waals surface area contributed by atoms with Gasteiger partial charge in [0.1, 0.15) is 34.4 Å². The van der Waals surface area contributed by atoms with Crippen LogP contribution in [0.1, 0.15) is 0 Å².